The van der Waals surface area contributed by atoms with Crippen molar-refractivity contribution < 1.29 is 9.59 Å². The molecule has 1 aliphatic carbocycles. The Bertz CT molecular complexity index is 1040. The number of carbonyl (C=O) groups excluding carboxylic acids is 2. The summed E-state index contributed by atoms with van der Waals surface area (Å²) in [6.07, 6.45) is 7.19. The summed E-state index contributed by atoms with van der Waals surface area (Å²) in [5, 5.41) is 1.34. The van der Waals surface area contributed by atoms with Gasteiger partial charge in [-0.3, -0.25) is 14.5 Å². The molecule has 5 nitrogen and oxygen atoms in total. The van der Waals surface area contributed by atoms with Crippen molar-refractivity contribution in [1.82, 2.24) is 14.7 Å². The first-order valence-corrected chi connectivity index (χ1v) is 13.6. The number of aryl methyl sites for hydroxylation is 1. The second kappa shape index (κ2) is 9.03. The first kappa shape index (κ1) is 22.9. The lowest BCUT2D eigenvalue weighted by Crippen LogP contribution is -2.73. The van der Waals surface area contributed by atoms with Crippen LogP contribution in [0.3, 0.4) is 0 Å². The Morgan fingerprint density at radius 3 is 2.58 bits per heavy atom. The standard InChI is InChI=1S/C27H37N3O2S/c1-4-23-21(20-12-8-9-13-24(20)33-23)17-28-14-15-29-22(18-28)25(31)30(27(2,3)26(29)32)16-19-10-6-5-7-11-19/h8-9,12-13,19,22H,4-7,10-11,14-18H2,1-3H3. The molecule has 1 saturated carbocycles. The van der Waals surface area contributed by atoms with Crippen molar-refractivity contribution in [2.45, 2.75) is 77.4 Å². The SMILES string of the molecule is CCc1sc2ccccc2c1CN1CCN2C(=O)C(C)(C)N(CC3CCCCC3)C(=O)C2C1. The topological polar surface area (TPSA) is 43.9 Å². The average Bonchev–Trinajstić information content (AvgIpc) is 3.19. The van der Waals surface area contributed by atoms with Crippen LogP contribution in [-0.4, -0.2) is 64.3 Å². The minimum atomic E-state index is -0.744. The number of hydrogen-bond donors (Lipinski definition) is 0. The number of hydrogen-bond acceptors (Lipinski definition) is 4. The number of rotatable bonds is 5. The second-order valence-electron chi connectivity index (χ2n) is 10.6. The largest absolute Gasteiger partial charge is 0.326 e. The number of piperazine rings is 2. The highest BCUT2D eigenvalue weighted by Gasteiger charge is 2.52. The van der Waals surface area contributed by atoms with Gasteiger partial charge in [-0.2, -0.15) is 0 Å². The zero-order valence-electron chi connectivity index (χ0n) is 20.3. The highest BCUT2D eigenvalue weighted by molar-refractivity contribution is 7.19. The van der Waals surface area contributed by atoms with Gasteiger partial charge in [-0.15, -0.1) is 11.3 Å². The Balaban J connectivity index is 1.36. The van der Waals surface area contributed by atoms with Gasteiger partial charge >= 0.3 is 0 Å². The van der Waals surface area contributed by atoms with E-state index in [-0.39, 0.29) is 17.9 Å². The van der Waals surface area contributed by atoms with Crippen molar-refractivity contribution in [3.63, 3.8) is 0 Å². The zero-order valence-corrected chi connectivity index (χ0v) is 21.1. The normalized spacial score (nSPS) is 24.5. The van der Waals surface area contributed by atoms with Gasteiger partial charge in [0.05, 0.1) is 0 Å². The Hall–Kier alpha value is -1.92. The monoisotopic (exact) mass is 467 g/mol. The van der Waals surface area contributed by atoms with Gasteiger partial charge in [0.1, 0.15) is 11.6 Å². The van der Waals surface area contributed by atoms with Gasteiger partial charge in [0.15, 0.2) is 0 Å². The molecule has 2 aromatic rings. The molecule has 2 saturated heterocycles. The lowest BCUT2D eigenvalue weighted by Gasteiger charge is -2.53. The van der Waals surface area contributed by atoms with E-state index in [0.717, 1.165) is 26.1 Å². The molecule has 1 atom stereocenters. The molecule has 3 aliphatic rings. The third-order valence-corrected chi connectivity index (χ3v) is 9.48. The lowest BCUT2D eigenvalue weighted by atomic mass is 9.85. The number of fused-ring (bicyclic) bond motifs is 2. The molecular formula is C27H37N3O2S. The van der Waals surface area contributed by atoms with Crippen LogP contribution in [0, 0.1) is 5.92 Å². The van der Waals surface area contributed by atoms with E-state index in [1.165, 1.54) is 52.6 Å². The van der Waals surface area contributed by atoms with Crippen LogP contribution in [-0.2, 0) is 22.6 Å². The molecule has 0 N–H and O–H groups in total. The molecule has 0 spiro atoms. The van der Waals surface area contributed by atoms with E-state index in [9.17, 15) is 9.59 Å². The van der Waals surface area contributed by atoms with Crippen LogP contribution in [0.5, 0.6) is 0 Å². The van der Waals surface area contributed by atoms with E-state index in [1.807, 2.05) is 35.0 Å². The Morgan fingerprint density at radius 1 is 1.06 bits per heavy atom. The molecule has 2 aliphatic heterocycles. The number of amides is 2. The first-order chi connectivity index (χ1) is 15.9. The average molecular weight is 468 g/mol. The molecule has 3 heterocycles. The molecule has 0 radical (unpaired) electrons. The van der Waals surface area contributed by atoms with Crippen LogP contribution in [0.15, 0.2) is 24.3 Å². The maximum Gasteiger partial charge on any atom is 0.248 e. The fraction of sp³-hybridized carbons (Fsp3) is 0.630. The minimum Gasteiger partial charge on any atom is -0.326 e. The van der Waals surface area contributed by atoms with E-state index in [0.29, 0.717) is 19.0 Å². The van der Waals surface area contributed by atoms with E-state index in [2.05, 4.69) is 36.1 Å². The summed E-state index contributed by atoms with van der Waals surface area (Å²) in [4.78, 5) is 34.9. The predicted octanol–water partition coefficient (Wildman–Crippen LogP) is 4.68. The van der Waals surface area contributed by atoms with Gasteiger partial charge in [-0.05, 0) is 56.0 Å². The number of nitrogens with zero attached hydrogens (tertiary/aromatic N) is 3. The summed E-state index contributed by atoms with van der Waals surface area (Å²) in [5.41, 5.74) is 0.659. The minimum absolute atomic E-state index is 0.123. The van der Waals surface area contributed by atoms with Gasteiger partial charge in [0.2, 0.25) is 11.8 Å². The molecule has 2 amide bonds. The molecule has 3 fully saturated rings. The lowest BCUT2D eigenvalue weighted by molar-refractivity contribution is -0.173. The summed E-state index contributed by atoms with van der Waals surface area (Å²) in [7, 11) is 0. The molecule has 178 valence electrons. The van der Waals surface area contributed by atoms with Gasteiger partial charge in [-0.25, -0.2) is 0 Å². The van der Waals surface area contributed by atoms with E-state index < -0.39 is 5.54 Å². The van der Waals surface area contributed by atoms with Crippen LogP contribution < -0.4 is 0 Å². The second-order valence-corrected chi connectivity index (χ2v) is 11.8. The van der Waals surface area contributed by atoms with Gasteiger partial charge in [0, 0.05) is 42.3 Å². The van der Waals surface area contributed by atoms with Gasteiger partial charge < -0.3 is 9.80 Å². The van der Waals surface area contributed by atoms with Crippen molar-refractivity contribution in [2.24, 2.45) is 5.92 Å². The molecule has 1 aromatic carbocycles. The van der Waals surface area contributed by atoms with E-state index in [1.54, 1.807) is 0 Å². The number of benzene rings is 1. The molecular weight excluding hydrogens is 430 g/mol. The van der Waals surface area contributed by atoms with Crippen LogP contribution in [0.1, 0.15) is 63.3 Å². The summed E-state index contributed by atoms with van der Waals surface area (Å²) in [6, 6.07) is 8.30. The Morgan fingerprint density at radius 2 is 1.82 bits per heavy atom. The van der Waals surface area contributed by atoms with Crippen LogP contribution >= 0.6 is 11.3 Å². The smallest absolute Gasteiger partial charge is 0.248 e. The highest BCUT2D eigenvalue weighted by atomic mass is 32.1. The quantitative estimate of drug-likeness (QED) is 0.641. The van der Waals surface area contributed by atoms with Gasteiger partial charge in [-0.1, -0.05) is 44.4 Å². The summed E-state index contributed by atoms with van der Waals surface area (Å²) >= 11 is 1.89. The number of thiophene rings is 1. The van der Waals surface area contributed by atoms with Crippen LogP contribution in [0.4, 0.5) is 0 Å². The van der Waals surface area contributed by atoms with Gasteiger partial charge in [0.25, 0.3) is 0 Å². The summed E-state index contributed by atoms with van der Waals surface area (Å²) < 4.78 is 1.34. The fourth-order valence-corrected chi connectivity index (χ4v) is 7.29. The van der Waals surface area contributed by atoms with Crippen molar-refractivity contribution in [3.8, 4) is 0 Å². The maximum atomic E-state index is 13.8. The fourth-order valence-electron chi connectivity index (χ4n) is 6.14. The third-order valence-electron chi connectivity index (χ3n) is 8.12. The predicted molar refractivity (Wildman–Crippen MR) is 134 cm³/mol. The summed E-state index contributed by atoms with van der Waals surface area (Å²) in [6.45, 7) is 9.80. The van der Waals surface area contributed by atoms with E-state index >= 15 is 0 Å². The molecule has 1 aromatic heterocycles. The Labute approximate surface area is 201 Å². The zero-order chi connectivity index (χ0) is 23.2. The van der Waals surface area contributed by atoms with Crippen LogP contribution in [0.2, 0.25) is 0 Å². The molecule has 1 unspecified atom stereocenters. The molecule has 6 heteroatoms. The van der Waals surface area contributed by atoms with Crippen molar-refractivity contribution in [1.29, 1.82) is 0 Å². The first-order valence-electron chi connectivity index (χ1n) is 12.7. The molecule has 0 bridgehead atoms. The molecule has 33 heavy (non-hydrogen) atoms. The Kier molecular flexibility index (Phi) is 6.25. The third kappa shape index (κ3) is 4.10. The highest BCUT2D eigenvalue weighted by Crippen LogP contribution is 2.35. The van der Waals surface area contributed by atoms with Crippen molar-refractivity contribution in [2.75, 3.05) is 26.2 Å². The molecule has 5 rings (SSSR count). The van der Waals surface area contributed by atoms with Crippen molar-refractivity contribution >= 4 is 33.2 Å². The van der Waals surface area contributed by atoms with E-state index in [4.69, 9.17) is 0 Å². The maximum absolute atomic E-state index is 13.8. The van der Waals surface area contributed by atoms with Crippen LogP contribution in [0.25, 0.3) is 10.1 Å². The summed E-state index contributed by atoms with van der Waals surface area (Å²) in [5.74, 6) is 0.809. The van der Waals surface area contributed by atoms with Crippen molar-refractivity contribution in [3.05, 3.63) is 34.7 Å². The number of carbonyl (C=O) groups is 2.